The van der Waals surface area contributed by atoms with E-state index in [-0.39, 0.29) is 17.3 Å². The number of hydrogen-bond donors (Lipinski definition) is 3. The quantitative estimate of drug-likeness (QED) is 0.265. The summed E-state index contributed by atoms with van der Waals surface area (Å²) in [6.07, 6.45) is 1.73. The highest BCUT2D eigenvalue weighted by Gasteiger charge is 2.16. The molecule has 0 bridgehead atoms. The molecular weight excluding hydrogens is 457 g/mol. The Labute approximate surface area is 205 Å². The van der Waals surface area contributed by atoms with Crippen LogP contribution in [-0.4, -0.2) is 32.4 Å². The lowest BCUT2D eigenvalue weighted by atomic mass is 10.0. The Bertz CT molecular complexity index is 1730. The van der Waals surface area contributed by atoms with Crippen LogP contribution in [0.4, 0.5) is 15.9 Å². The largest absolute Gasteiger partial charge is 0.504 e. The molecule has 0 fully saturated rings. The van der Waals surface area contributed by atoms with Gasteiger partial charge in [-0.25, -0.2) is 14.4 Å². The summed E-state index contributed by atoms with van der Waals surface area (Å²) in [5, 5.41) is 22.2. The maximum absolute atomic E-state index is 15.1. The summed E-state index contributed by atoms with van der Waals surface area (Å²) >= 11 is 0. The molecule has 2 aromatic heterocycles. The second-order valence-electron chi connectivity index (χ2n) is 8.29. The average molecular weight is 477 g/mol. The molecule has 7 nitrogen and oxygen atoms in total. The van der Waals surface area contributed by atoms with Crippen molar-refractivity contribution in [1.82, 2.24) is 20.2 Å². The molecule has 0 aliphatic carbocycles. The highest BCUT2D eigenvalue weighted by Crippen LogP contribution is 2.36. The molecule has 0 saturated carbocycles. The Balaban J connectivity index is 1.48. The number of nitrogens with zero attached hydrogens (tertiary/aromatic N) is 3. The first-order valence-corrected chi connectivity index (χ1v) is 11.2. The van der Waals surface area contributed by atoms with Crippen molar-refractivity contribution < 1.29 is 14.2 Å². The van der Waals surface area contributed by atoms with E-state index in [1.54, 1.807) is 30.5 Å². The third-order valence-electron chi connectivity index (χ3n) is 6.01. The number of aromatic hydroxyl groups is 1. The van der Waals surface area contributed by atoms with E-state index in [2.05, 4.69) is 20.5 Å². The topological polar surface area (TPSA) is 96.0 Å². The van der Waals surface area contributed by atoms with E-state index in [0.717, 1.165) is 22.2 Å². The predicted molar refractivity (Wildman–Crippen MR) is 138 cm³/mol. The molecule has 0 amide bonds. The first-order valence-electron chi connectivity index (χ1n) is 11.2. The van der Waals surface area contributed by atoms with Gasteiger partial charge >= 0.3 is 0 Å². The zero-order valence-corrected chi connectivity index (χ0v) is 19.2. The van der Waals surface area contributed by atoms with Crippen molar-refractivity contribution in [3.8, 4) is 34.0 Å². The molecule has 0 aliphatic heterocycles. The average Bonchev–Trinajstić information content (AvgIpc) is 3.37. The van der Waals surface area contributed by atoms with E-state index >= 15 is 4.39 Å². The van der Waals surface area contributed by atoms with Gasteiger partial charge in [-0.2, -0.15) is 5.10 Å². The third kappa shape index (κ3) is 3.84. The van der Waals surface area contributed by atoms with Crippen LogP contribution in [0.3, 0.4) is 0 Å². The maximum Gasteiger partial charge on any atom is 0.162 e. The number of anilines is 2. The maximum atomic E-state index is 15.1. The zero-order chi connectivity index (χ0) is 24.6. The smallest absolute Gasteiger partial charge is 0.162 e. The summed E-state index contributed by atoms with van der Waals surface area (Å²) in [5.41, 5.74) is 4.03. The molecule has 8 heteroatoms. The number of methoxy groups -OCH3 is 1. The van der Waals surface area contributed by atoms with Crippen molar-refractivity contribution in [3.05, 3.63) is 90.9 Å². The first-order chi connectivity index (χ1) is 17.6. The summed E-state index contributed by atoms with van der Waals surface area (Å²) in [7, 11) is 1.47. The van der Waals surface area contributed by atoms with Gasteiger partial charge in [-0.15, -0.1) is 0 Å². The van der Waals surface area contributed by atoms with Gasteiger partial charge in [0.2, 0.25) is 0 Å². The van der Waals surface area contributed by atoms with Gasteiger partial charge < -0.3 is 15.2 Å². The molecule has 6 aromatic rings. The standard InChI is InChI=1S/C28H20FN5O2/c1-36-26-14-24-21(13-25(26)35)28(31-19-8-10-23-18(11-19)15-30-34-23)33-27(32-24)17-7-9-20(22(29)12-17)16-5-3-2-4-6-16/h2-15,35H,1H3,(H,30,34)(H,31,32,33). The number of halogens is 1. The van der Waals surface area contributed by atoms with Gasteiger partial charge in [-0.3, -0.25) is 5.10 Å². The fraction of sp³-hybridized carbons (Fsp3) is 0.0357. The molecule has 176 valence electrons. The third-order valence-corrected chi connectivity index (χ3v) is 6.01. The number of phenolic OH excluding ortho intramolecular Hbond substituents is 1. The van der Waals surface area contributed by atoms with Crippen LogP contribution in [0, 0.1) is 5.82 Å². The Morgan fingerprint density at radius 3 is 2.58 bits per heavy atom. The predicted octanol–water partition coefficient (Wildman–Crippen LogP) is 6.44. The number of hydrogen-bond acceptors (Lipinski definition) is 6. The molecule has 0 saturated heterocycles. The van der Waals surface area contributed by atoms with Crippen molar-refractivity contribution in [2.45, 2.75) is 0 Å². The fourth-order valence-electron chi connectivity index (χ4n) is 4.20. The Hall–Kier alpha value is -4.98. The van der Waals surface area contributed by atoms with E-state index in [9.17, 15) is 5.11 Å². The summed E-state index contributed by atoms with van der Waals surface area (Å²) in [6, 6.07) is 23.2. The highest BCUT2D eigenvalue weighted by atomic mass is 19.1. The molecule has 2 heterocycles. The second-order valence-corrected chi connectivity index (χ2v) is 8.29. The lowest BCUT2D eigenvalue weighted by Gasteiger charge is -2.13. The summed E-state index contributed by atoms with van der Waals surface area (Å²) in [4.78, 5) is 9.37. The van der Waals surface area contributed by atoms with E-state index in [1.165, 1.54) is 13.2 Å². The van der Waals surface area contributed by atoms with Crippen molar-refractivity contribution >= 4 is 33.3 Å². The zero-order valence-electron chi connectivity index (χ0n) is 19.2. The summed E-state index contributed by atoms with van der Waals surface area (Å²) in [6.45, 7) is 0. The Kier molecular flexibility index (Phi) is 5.19. The van der Waals surface area contributed by atoms with Gasteiger partial charge in [0.1, 0.15) is 11.6 Å². The first kappa shape index (κ1) is 21.5. The number of H-pyrrole nitrogens is 1. The number of phenols is 1. The number of rotatable bonds is 5. The molecule has 0 unspecified atom stereocenters. The lowest BCUT2D eigenvalue weighted by molar-refractivity contribution is 0.374. The number of aromatic amines is 1. The van der Waals surface area contributed by atoms with Crippen LogP contribution in [0.15, 0.2) is 85.1 Å². The van der Waals surface area contributed by atoms with E-state index in [4.69, 9.17) is 9.72 Å². The lowest BCUT2D eigenvalue weighted by Crippen LogP contribution is -2.00. The molecule has 4 aromatic carbocycles. The highest BCUT2D eigenvalue weighted by molar-refractivity contribution is 5.95. The minimum Gasteiger partial charge on any atom is -0.504 e. The van der Waals surface area contributed by atoms with Gasteiger partial charge in [0.15, 0.2) is 17.3 Å². The fourth-order valence-corrected chi connectivity index (χ4v) is 4.20. The van der Waals surface area contributed by atoms with E-state index < -0.39 is 0 Å². The van der Waals surface area contributed by atoms with Crippen LogP contribution in [0.1, 0.15) is 0 Å². The minimum atomic E-state index is -0.370. The number of nitrogens with one attached hydrogen (secondary N) is 2. The molecule has 36 heavy (non-hydrogen) atoms. The molecule has 0 atom stereocenters. The monoisotopic (exact) mass is 477 g/mol. The molecular formula is C28H20FN5O2. The van der Waals surface area contributed by atoms with Gasteiger partial charge in [0.05, 0.1) is 24.3 Å². The molecule has 3 N–H and O–H groups in total. The van der Waals surface area contributed by atoms with Crippen molar-refractivity contribution in [2.75, 3.05) is 12.4 Å². The molecule has 0 spiro atoms. The van der Waals surface area contributed by atoms with Crippen molar-refractivity contribution in [2.24, 2.45) is 0 Å². The van der Waals surface area contributed by atoms with E-state index in [1.807, 2.05) is 48.5 Å². The van der Waals surface area contributed by atoms with Gasteiger partial charge in [-0.1, -0.05) is 42.5 Å². The number of aromatic nitrogens is 4. The molecule has 0 radical (unpaired) electrons. The second kappa shape index (κ2) is 8.66. The summed E-state index contributed by atoms with van der Waals surface area (Å²) in [5.74, 6) is 0.672. The summed E-state index contributed by atoms with van der Waals surface area (Å²) < 4.78 is 20.4. The van der Waals surface area contributed by atoms with E-state index in [0.29, 0.717) is 33.7 Å². The van der Waals surface area contributed by atoms with Crippen LogP contribution < -0.4 is 10.1 Å². The number of benzene rings is 4. The number of fused-ring (bicyclic) bond motifs is 2. The van der Waals surface area contributed by atoms with Crippen molar-refractivity contribution in [3.63, 3.8) is 0 Å². The van der Waals surface area contributed by atoms with Crippen molar-refractivity contribution in [1.29, 1.82) is 0 Å². The van der Waals surface area contributed by atoms with Crippen LogP contribution >= 0.6 is 0 Å². The molecule has 6 rings (SSSR count). The van der Waals surface area contributed by atoms with Gasteiger partial charge in [0.25, 0.3) is 0 Å². The van der Waals surface area contributed by atoms with Crippen LogP contribution in [0.25, 0.3) is 44.3 Å². The Morgan fingerprint density at radius 1 is 0.917 bits per heavy atom. The SMILES string of the molecule is COc1cc2nc(-c3ccc(-c4ccccc4)c(F)c3)nc(Nc3ccc4[nH]ncc4c3)c2cc1O. The molecule has 0 aliphatic rings. The van der Waals surface area contributed by atoms with Gasteiger partial charge in [0, 0.05) is 33.7 Å². The van der Waals surface area contributed by atoms with Crippen LogP contribution in [0.2, 0.25) is 0 Å². The van der Waals surface area contributed by atoms with Gasteiger partial charge in [-0.05, 0) is 35.9 Å². The minimum absolute atomic E-state index is 0.0343. The Morgan fingerprint density at radius 2 is 1.78 bits per heavy atom. The number of ether oxygens (including phenoxy) is 1. The van der Waals surface area contributed by atoms with Crippen LogP contribution in [-0.2, 0) is 0 Å². The van der Waals surface area contributed by atoms with Crippen LogP contribution in [0.5, 0.6) is 11.5 Å². The normalized spacial score (nSPS) is 11.2.